The van der Waals surface area contributed by atoms with Gasteiger partial charge < -0.3 is 9.88 Å². The number of nitrogens with zero attached hydrogens (tertiary/aromatic N) is 2. The number of benzene rings is 1. The van der Waals surface area contributed by atoms with Crippen LogP contribution in [0.2, 0.25) is 5.28 Å². The highest BCUT2D eigenvalue weighted by Gasteiger charge is 2.11. The predicted octanol–water partition coefficient (Wildman–Crippen LogP) is 2.36. The van der Waals surface area contributed by atoms with Gasteiger partial charge >= 0.3 is 0 Å². The maximum atomic E-state index is 11.8. The fraction of sp³-hybridized carbons (Fsp3) is 0.333. The fourth-order valence-electron chi connectivity index (χ4n) is 1.65. The van der Waals surface area contributed by atoms with Gasteiger partial charge in [0.05, 0.1) is 11.0 Å². The van der Waals surface area contributed by atoms with Gasteiger partial charge in [0.1, 0.15) is 0 Å². The number of hydrogen-bond donors (Lipinski definition) is 1. The Bertz CT molecular complexity index is 574. The highest BCUT2D eigenvalue weighted by atomic mass is 35.5. The van der Waals surface area contributed by atoms with E-state index in [0.717, 1.165) is 11.0 Å². The van der Waals surface area contributed by atoms with Crippen molar-refractivity contribution < 1.29 is 4.79 Å². The highest BCUT2D eigenvalue weighted by molar-refractivity contribution is 6.29. The first kappa shape index (κ1) is 11.9. The average molecular weight is 252 g/mol. The van der Waals surface area contributed by atoms with Crippen LogP contribution in [0.3, 0.4) is 0 Å². The molecule has 0 saturated carbocycles. The second kappa shape index (κ2) is 4.37. The quantitative estimate of drug-likeness (QED) is 0.891. The highest BCUT2D eigenvalue weighted by Crippen LogP contribution is 2.19. The maximum Gasteiger partial charge on any atom is 0.251 e. The van der Waals surface area contributed by atoms with Gasteiger partial charge in [-0.2, -0.15) is 0 Å². The van der Waals surface area contributed by atoms with Crippen LogP contribution in [0, 0.1) is 0 Å². The van der Waals surface area contributed by atoms with Crippen LogP contribution in [0.1, 0.15) is 24.2 Å². The largest absolute Gasteiger partial charge is 0.350 e. The summed E-state index contributed by atoms with van der Waals surface area (Å²) < 4.78 is 1.75. The Morgan fingerprint density at radius 1 is 1.47 bits per heavy atom. The second-order valence-electron chi connectivity index (χ2n) is 4.27. The van der Waals surface area contributed by atoms with Crippen molar-refractivity contribution in [3.63, 3.8) is 0 Å². The third-order valence-electron chi connectivity index (χ3n) is 2.51. The first-order chi connectivity index (χ1) is 7.99. The molecule has 5 heteroatoms. The molecule has 0 fully saturated rings. The van der Waals surface area contributed by atoms with E-state index in [0.29, 0.717) is 10.8 Å². The van der Waals surface area contributed by atoms with Gasteiger partial charge in [0.25, 0.3) is 5.91 Å². The first-order valence-corrected chi connectivity index (χ1v) is 5.79. The van der Waals surface area contributed by atoms with E-state index in [1.54, 1.807) is 22.8 Å². The Labute approximate surface area is 105 Å². The summed E-state index contributed by atoms with van der Waals surface area (Å²) in [6.07, 6.45) is 0. The molecule has 0 saturated heterocycles. The number of rotatable bonds is 2. The lowest BCUT2D eigenvalue weighted by Crippen LogP contribution is -2.30. The molecule has 0 unspecified atom stereocenters. The van der Waals surface area contributed by atoms with E-state index in [2.05, 4.69) is 10.3 Å². The molecule has 2 aromatic rings. The molecule has 2 rings (SSSR count). The molecule has 1 aromatic carbocycles. The van der Waals surface area contributed by atoms with Crippen LogP contribution in [0.25, 0.3) is 11.0 Å². The molecule has 1 heterocycles. The number of hydrogen-bond acceptors (Lipinski definition) is 2. The summed E-state index contributed by atoms with van der Waals surface area (Å²) in [6, 6.07) is 5.47. The van der Waals surface area contributed by atoms with Gasteiger partial charge in [-0.25, -0.2) is 4.98 Å². The molecule has 1 aromatic heterocycles. The number of carbonyl (C=O) groups excluding carboxylic acids is 1. The molecule has 0 spiro atoms. The molecule has 0 atom stereocenters. The van der Waals surface area contributed by atoms with Crippen molar-refractivity contribution in [3.8, 4) is 0 Å². The van der Waals surface area contributed by atoms with Crippen molar-refractivity contribution in [1.29, 1.82) is 0 Å². The summed E-state index contributed by atoms with van der Waals surface area (Å²) in [7, 11) is 1.82. The summed E-state index contributed by atoms with van der Waals surface area (Å²) >= 11 is 5.92. The summed E-state index contributed by atoms with van der Waals surface area (Å²) in [4.78, 5) is 16.0. The van der Waals surface area contributed by atoms with E-state index in [1.165, 1.54) is 0 Å². The summed E-state index contributed by atoms with van der Waals surface area (Å²) in [5.74, 6) is -0.0841. The van der Waals surface area contributed by atoms with E-state index in [9.17, 15) is 4.79 Å². The van der Waals surface area contributed by atoms with E-state index in [1.807, 2.05) is 20.9 Å². The summed E-state index contributed by atoms with van der Waals surface area (Å²) in [6.45, 7) is 3.86. The smallest absolute Gasteiger partial charge is 0.251 e. The van der Waals surface area contributed by atoms with Crippen LogP contribution < -0.4 is 5.32 Å². The molecule has 0 radical (unpaired) electrons. The number of aryl methyl sites for hydroxylation is 1. The topological polar surface area (TPSA) is 46.9 Å². The molecule has 1 amide bonds. The Hall–Kier alpha value is -1.55. The van der Waals surface area contributed by atoms with Crippen molar-refractivity contribution in [1.82, 2.24) is 14.9 Å². The van der Waals surface area contributed by atoms with Crippen molar-refractivity contribution >= 4 is 28.5 Å². The minimum absolute atomic E-state index is 0.0841. The van der Waals surface area contributed by atoms with Gasteiger partial charge in [-0.05, 0) is 43.6 Å². The molecular formula is C12H14ClN3O. The van der Waals surface area contributed by atoms with E-state index >= 15 is 0 Å². The molecule has 0 bridgehead atoms. The Kier molecular flexibility index (Phi) is 3.07. The number of nitrogens with one attached hydrogen (secondary N) is 1. The van der Waals surface area contributed by atoms with Crippen LogP contribution in [-0.4, -0.2) is 21.5 Å². The Morgan fingerprint density at radius 3 is 2.82 bits per heavy atom. The average Bonchev–Trinajstić information content (AvgIpc) is 2.54. The SMILES string of the molecule is CC(C)NC(=O)c1ccc2nc(Cl)n(C)c2c1. The number of carbonyl (C=O) groups is 1. The van der Waals surface area contributed by atoms with Gasteiger partial charge in [-0.1, -0.05) is 0 Å². The van der Waals surface area contributed by atoms with Crippen LogP contribution in [-0.2, 0) is 7.05 Å². The number of amides is 1. The van der Waals surface area contributed by atoms with Gasteiger partial charge in [-0.15, -0.1) is 0 Å². The number of imidazole rings is 1. The third-order valence-corrected chi connectivity index (χ3v) is 2.85. The summed E-state index contributed by atoms with van der Waals surface area (Å²) in [5.41, 5.74) is 2.26. The molecule has 0 aliphatic heterocycles. The lowest BCUT2D eigenvalue weighted by Gasteiger charge is -2.08. The minimum Gasteiger partial charge on any atom is -0.350 e. The van der Waals surface area contributed by atoms with Crippen LogP contribution in [0.15, 0.2) is 18.2 Å². The molecule has 1 N–H and O–H groups in total. The number of fused-ring (bicyclic) bond motifs is 1. The monoisotopic (exact) mass is 251 g/mol. The van der Waals surface area contributed by atoms with Crippen molar-refractivity contribution in [2.75, 3.05) is 0 Å². The molecule has 0 aliphatic carbocycles. The van der Waals surface area contributed by atoms with Crippen molar-refractivity contribution in [2.45, 2.75) is 19.9 Å². The van der Waals surface area contributed by atoms with Gasteiger partial charge in [-0.3, -0.25) is 4.79 Å². The van der Waals surface area contributed by atoms with Crippen molar-refractivity contribution in [3.05, 3.63) is 29.0 Å². The van der Waals surface area contributed by atoms with E-state index < -0.39 is 0 Å². The lowest BCUT2D eigenvalue weighted by molar-refractivity contribution is 0.0943. The van der Waals surface area contributed by atoms with Crippen molar-refractivity contribution in [2.24, 2.45) is 7.05 Å². The zero-order valence-corrected chi connectivity index (χ0v) is 10.7. The standard InChI is InChI=1S/C12H14ClN3O/c1-7(2)14-11(17)8-4-5-9-10(6-8)16(3)12(13)15-9/h4-7H,1-3H3,(H,14,17). The zero-order valence-electron chi connectivity index (χ0n) is 9.99. The van der Waals surface area contributed by atoms with Gasteiger partial charge in [0, 0.05) is 18.7 Å². The first-order valence-electron chi connectivity index (χ1n) is 5.42. The predicted molar refractivity (Wildman–Crippen MR) is 68.3 cm³/mol. The fourth-order valence-corrected chi connectivity index (χ4v) is 1.83. The van der Waals surface area contributed by atoms with Crippen LogP contribution >= 0.6 is 11.6 Å². The molecule has 0 aliphatic rings. The lowest BCUT2D eigenvalue weighted by atomic mass is 10.2. The Balaban J connectivity index is 2.43. The second-order valence-corrected chi connectivity index (χ2v) is 4.61. The number of halogens is 1. The normalized spacial score (nSPS) is 11.1. The number of aromatic nitrogens is 2. The molecular weight excluding hydrogens is 238 g/mol. The third kappa shape index (κ3) is 2.26. The minimum atomic E-state index is -0.0841. The summed E-state index contributed by atoms with van der Waals surface area (Å²) in [5, 5.41) is 3.27. The van der Waals surface area contributed by atoms with E-state index in [4.69, 9.17) is 11.6 Å². The van der Waals surface area contributed by atoms with Gasteiger partial charge in [0.15, 0.2) is 0 Å². The molecule has 4 nitrogen and oxygen atoms in total. The maximum absolute atomic E-state index is 11.8. The molecule has 90 valence electrons. The molecule has 17 heavy (non-hydrogen) atoms. The van der Waals surface area contributed by atoms with Crippen LogP contribution in [0.4, 0.5) is 0 Å². The van der Waals surface area contributed by atoms with E-state index in [-0.39, 0.29) is 11.9 Å². The van der Waals surface area contributed by atoms with Gasteiger partial charge in [0.2, 0.25) is 5.28 Å². The zero-order chi connectivity index (χ0) is 12.6. The van der Waals surface area contributed by atoms with Crippen LogP contribution in [0.5, 0.6) is 0 Å². The Morgan fingerprint density at radius 2 is 2.18 bits per heavy atom.